The van der Waals surface area contributed by atoms with Crippen molar-refractivity contribution >= 4 is 5.78 Å². The molecule has 0 spiro atoms. The predicted molar refractivity (Wildman–Crippen MR) is 66.4 cm³/mol. The number of ketones is 1. The Kier molecular flexibility index (Phi) is 3.79. The van der Waals surface area contributed by atoms with Crippen LogP contribution in [0.2, 0.25) is 0 Å². The highest BCUT2D eigenvalue weighted by Crippen LogP contribution is 2.18. The molecule has 0 bridgehead atoms. The van der Waals surface area contributed by atoms with E-state index in [1.807, 2.05) is 6.07 Å². The smallest absolute Gasteiger partial charge is 0.159 e. The molecule has 1 aromatic rings. The topological polar surface area (TPSA) is 41.7 Å². The second-order valence-electron chi connectivity index (χ2n) is 4.89. The number of carbonyl (C=O) groups excluding carboxylic acids is 1. The Balaban J connectivity index is 2.13. The summed E-state index contributed by atoms with van der Waals surface area (Å²) in [7, 11) is 0. The standard InChI is InChI=1S/C14H19NO2/c1-11(16)12-5-6-14(17)13(9-12)10-15-7-3-2-4-8-15/h5-6,9,17H,2-4,7-8,10H2,1H3/p+1. The number of aromatic hydroxyl groups is 1. The molecule has 0 atom stereocenters. The molecule has 1 heterocycles. The minimum Gasteiger partial charge on any atom is -0.507 e. The molecule has 2 N–H and O–H groups in total. The van der Waals surface area contributed by atoms with E-state index in [0.29, 0.717) is 11.3 Å². The summed E-state index contributed by atoms with van der Waals surface area (Å²) in [5, 5.41) is 9.82. The van der Waals surface area contributed by atoms with Gasteiger partial charge in [-0.3, -0.25) is 4.79 Å². The lowest BCUT2D eigenvalue weighted by Gasteiger charge is -2.23. The van der Waals surface area contributed by atoms with E-state index in [1.54, 1.807) is 19.1 Å². The van der Waals surface area contributed by atoms with E-state index in [-0.39, 0.29) is 5.78 Å². The third-order valence-corrected chi connectivity index (χ3v) is 3.49. The number of nitrogens with one attached hydrogen (secondary N) is 1. The van der Waals surface area contributed by atoms with Crippen LogP contribution in [-0.2, 0) is 6.54 Å². The fourth-order valence-corrected chi connectivity index (χ4v) is 2.44. The number of quaternary nitrogens is 1. The Morgan fingerprint density at radius 2 is 2.00 bits per heavy atom. The van der Waals surface area contributed by atoms with Crippen LogP contribution in [-0.4, -0.2) is 24.0 Å². The lowest BCUT2D eigenvalue weighted by atomic mass is 10.0. The number of benzene rings is 1. The highest BCUT2D eigenvalue weighted by molar-refractivity contribution is 5.94. The van der Waals surface area contributed by atoms with Crippen molar-refractivity contribution in [3.8, 4) is 5.75 Å². The van der Waals surface area contributed by atoms with Gasteiger partial charge in [-0.25, -0.2) is 0 Å². The van der Waals surface area contributed by atoms with Crippen molar-refractivity contribution in [1.82, 2.24) is 0 Å². The molecule has 3 heteroatoms. The van der Waals surface area contributed by atoms with Crippen LogP contribution < -0.4 is 4.90 Å². The first kappa shape index (κ1) is 12.1. The Morgan fingerprint density at radius 3 is 2.65 bits per heavy atom. The Hall–Kier alpha value is -1.35. The third kappa shape index (κ3) is 3.07. The maximum Gasteiger partial charge on any atom is 0.159 e. The molecular weight excluding hydrogens is 214 g/mol. The zero-order chi connectivity index (χ0) is 12.3. The zero-order valence-corrected chi connectivity index (χ0v) is 10.3. The molecule has 2 rings (SSSR count). The summed E-state index contributed by atoms with van der Waals surface area (Å²) in [4.78, 5) is 12.8. The molecule has 1 aromatic carbocycles. The van der Waals surface area contributed by atoms with Gasteiger partial charge >= 0.3 is 0 Å². The normalized spacial score (nSPS) is 17.0. The number of hydrogen-bond donors (Lipinski definition) is 2. The molecular formula is C14H20NO2+. The second-order valence-corrected chi connectivity index (χ2v) is 4.89. The van der Waals surface area contributed by atoms with Gasteiger partial charge in [0.15, 0.2) is 5.78 Å². The average Bonchev–Trinajstić information content (AvgIpc) is 2.33. The third-order valence-electron chi connectivity index (χ3n) is 3.49. The van der Waals surface area contributed by atoms with Gasteiger partial charge in [0, 0.05) is 11.1 Å². The molecule has 0 amide bonds. The molecule has 0 aromatic heterocycles. The minimum absolute atomic E-state index is 0.0555. The van der Waals surface area contributed by atoms with Crippen molar-refractivity contribution < 1.29 is 14.8 Å². The van der Waals surface area contributed by atoms with Crippen molar-refractivity contribution in [2.24, 2.45) is 0 Å². The number of phenols is 1. The first-order valence-corrected chi connectivity index (χ1v) is 6.33. The van der Waals surface area contributed by atoms with Crippen molar-refractivity contribution in [2.75, 3.05) is 13.1 Å². The number of likely N-dealkylation sites (tertiary alicyclic amines) is 1. The summed E-state index contributed by atoms with van der Waals surface area (Å²) in [6, 6.07) is 5.15. The highest BCUT2D eigenvalue weighted by Gasteiger charge is 2.16. The van der Waals surface area contributed by atoms with Crippen molar-refractivity contribution in [3.63, 3.8) is 0 Å². The Bertz CT molecular complexity index is 409. The van der Waals surface area contributed by atoms with Crippen LogP contribution in [0.3, 0.4) is 0 Å². The van der Waals surface area contributed by atoms with Crippen molar-refractivity contribution in [2.45, 2.75) is 32.7 Å². The SMILES string of the molecule is CC(=O)c1ccc(O)c(C[NH+]2CCCCC2)c1. The number of Topliss-reactive ketones (excluding diaryl/α,β-unsaturated/α-hetero) is 1. The second kappa shape index (κ2) is 5.32. The van der Waals surface area contributed by atoms with Gasteiger partial charge in [-0.15, -0.1) is 0 Å². The van der Waals surface area contributed by atoms with Crippen LogP contribution in [0.25, 0.3) is 0 Å². The van der Waals surface area contributed by atoms with E-state index in [1.165, 1.54) is 37.3 Å². The van der Waals surface area contributed by atoms with Crippen LogP contribution in [0.15, 0.2) is 18.2 Å². The molecule has 0 saturated carbocycles. The van der Waals surface area contributed by atoms with E-state index in [0.717, 1.165) is 12.1 Å². The summed E-state index contributed by atoms with van der Waals surface area (Å²) < 4.78 is 0. The summed E-state index contributed by atoms with van der Waals surface area (Å²) in [6.07, 6.45) is 3.86. The van der Waals surface area contributed by atoms with E-state index >= 15 is 0 Å². The number of hydrogen-bond acceptors (Lipinski definition) is 2. The van der Waals surface area contributed by atoms with Gasteiger partial charge in [-0.05, 0) is 44.4 Å². The predicted octanol–water partition coefficient (Wildman–Crippen LogP) is 1.16. The van der Waals surface area contributed by atoms with E-state index in [9.17, 15) is 9.90 Å². The van der Waals surface area contributed by atoms with Gasteiger partial charge in [-0.2, -0.15) is 0 Å². The maximum absolute atomic E-state index is 11.3. The van der Waals surface area contributed by atoms with Gasteiger partial charge in [0.05, 0.1) is 13.1 Å². The summed E-state index contributed by atoms with van der Waals surface area (Å²) in [5.41, 5.74) is 1.59. The van der Waals surface area contributed by atoms with Crippen LogP contribution in [0.5, 0.6) is 5.75 Å². The Labute approximate surface area is 102 Å². The van der Waals surface area contributed by atoms with Gasteiger partial charge in [0.1, 0.15) is 12.3 Å². The first-order valence-electron chi connectivity index (χ1n) is 6.33. The van der Waals surface area contributed by atoms with E-state index in [2.05, 4.69) is 0 Å². The summed E-state index contributed by atoms with van der Waals surface area (Å²) in [5.74, 6) is 0.368. The van der Waals surface area contributed by atoms with Crippen LogP contribution in [0, 0.1) is 0 Å². The lowest BCUT2D eigenvalue weighted by molar-refractivity contribution is -0.918. The number of carbonyl (C=O) groups is 1. The van der Waals surface area contributed by atoms with Gasteiger partial charge in [-0.1, -0.05) is 0 Å². The van der Waals surface area contributed by atoms with E-state index < -0.39 is 0 Å². The molecule has 1 fully saturated rings. The fourth-order valence-electron chi connectivity index (χ4n) is 2.44. The van der Waals surface area contributed by atoms with Crippen LogP contribution >= 0.6 is 0 Å². The molecule has 0 unspecified atom stereocenters. The largest absolute Gasteiger partial charge is 0.507 e. The number of rotatable bonds is 3. The van der Waals surface area contributed by atoms with Gasteiger partial charge < -0.3 is 10.0 Å². The molecule has 17 heavy (non-hydrogen) atoms. The zero-order valence-electron chi connectivity index (χ0n) is 10.3. The van der Waals surface area contributed by atoms with Crippen molar-refractivity contribution in [3.05, 3.63) is 29.3 Å². The molecule has 1 saturated heterocycles. The highest BCUT2D eigenvalue weighted by atomic mass is 16.3. The number of phenolic OH excluding ortho intramolecular Hbond substituents is 1. The monoisotopic (exact) mass is 234 g/mol. The summed E-state index contributed by atoms with van der Waals surface area (Å²) in [6.45, 7) is 4.73. The molecule has 1 aliphatic rings. The van der Waals surface area contributed by atoms with Gasteiger partial charge in [0.2, 0.25) is 0 Å². The molecule has 0 aliphatic carbocycles. The average molecular weight is 234 g/mol. The minimum atomic E-state index is 0.0555. The fraction of sp³-hybridized carbons (Fsp3) is 0.500. The summed E-state index contributed by atoms with van der Waals surface area (Å²) >= 11 is 0. The Morgan fingerprint density at radius 1 is 1.29 bits per heavy atom. The number of piperidine rings is 1. The van der Waals surface area contributed by atoms with Gasteiger partial charge in [0.25, 0.3) is 0 Å². The molecule has 0 radical (unpaired) electrons. The quantitative estimate of drug-likeness (QED) is 0.771. The molecule has 92 valence electrons. The first-order chi connectivity index (χ1) is 8.16. The lowest BCUT2D eigenvalue weighted by Crippen LogP contribution is -3.11. The van der Waals surface area contributed by atoms with E-state index in [4.69, 9.17) is 0 Å². The molecule has 3 nitrogen and oxygen atoms in total. The maximum atomic E-state index is 11.3. The van der Waals surface area contributed by atoms with Crippen LogP contribution in [0.4, 0.5) is 0 Å². The molecule has 1 aliphatic heterocycles. The van der Waals surface area contributed by atoms with Crippen LogP contribution in [0.1, 0.15) is 42.1 Å². The van der Waals surface area contributed by atoms with Crippen molar-refractivity contribution in [1.29, 1.82) is 0 Å².